The van der Waals surface area contributed by atoms with E-state index in [9.17, 15) is 14.4 Å². The fourth-order valence-corrected chi connectivity index (χ4v) is 5.11. The third-order valence-electron chi connectivity index (χ3n) is 7.01. The molecule has 0 aliphatic carbocycles. The predicted molar refractivity (Wildman–Crippen MR) is 201 cm³/mol. The van der Waals surface area contributed by atoms with Crippen LogP contribution in [0.3, 0.4) is 0 Å². The minimum absolute atomic E-state index is 0.185. The van der Waals surface area contributed by atoms with E-state index >= 15 is 0 Å². The number of rotatable bonds is 23. The zero-order chi connectivity index (χ0) is 34.4. The summed E-state index contributed by atoms with van der Waals surface area (Å²) in [4.78, 5) is 32.4. The molecule has 6 nitrogen and oxygen atoms in total. The van der Waals surface area contributed by atoms with Crippen LogP contribution in [0.2, 0.25) is 4.44 Å². The molecule has 0 rings (SSSR count). The number of hydrogen-bond acceptors (Lipinski definition) is 9. The van der Waals surface area contributed by atoms with Crippen molar-refractivity contribution in [1.29, 1.82) is 0 Å². The average Bonchev–Trinajstić information content (AvgIpc) is 3.05. The molecule has 3 unspecified atom stereocenters. The van der Waals surface area contributed by atoms with Crippen molar-refractivity contribution in [2.45, 2.75) is 143 Å². The van der Waals surface area contributed by atoms with Crippen LogP contribution in [-0.2, 0) is 28.6 Å². The van der Waals surface area contributed by atoms with Crippen molar-refractivity contribution in [2.24, 2.45) is 17.8 Å². The van der Waals surface area contributed by atoms with Gasteiger partial charge in [-0.2, -0.15) is 37.9 Å². The van der Waals surface area contributed by atoms with Crippen LogP contribution in [0.25, 0.3) is 0 Å². The van der Waals surface area contributed by atoms with E-state index < -0.39 is 0 Å². The molecule has 0 fully saturated rings. The van der Waals surface area contributed by atoms with E-state index in [1.54, 1.807) is 0 Å². The van der Waals surface area contributed by atoms with E-state index in [1.165, 1.54) is 78.3 Å². The Hall–Kier alpha value is 0.259. The van der Waals surface area contributed by atoms with E-state index in [2.05, 4.69) is 86.4 Å². The molecule has 2 radical (unpaired) electrons. The quantitative estimate of drug-likeness (QED) is 0.0415. The monoisotopic (exact) mass is 790 g/mol. The fraction of sp³-hybridized carbons (Fsp3) is 0.912. The Morgan fingerprint density at radius 1 is 0.500 bits per heavy atom. The molecule has 0 aromatic rings. The Kier molecular flexibility index (Phi) is 50.2. The molecule has 0 bridgehead atoms. The van der Waals surface area contributed by atoms with Crippen LogP contribution in [-0.4, -0.2) is 77.5 Å². The first-order chi connectivity index (χ1) is 21.1. The average molecular weight is 790 g/mol. The van der Waals surface area contributed by atoms with Crippen molar-refractivity contribution in [2.75, 3.05) is 37.1 Å². The summed E-state index contributed by atoms with van der Waals surface area (Å²) in [6.07, 6.45) is 16.8. The van der Waals surface area contributed by atoms with Crippen LogP contribution in [0, 0.1) is 17.8 Å². The van der Waals surface area contributed by atoms with Gasteiger partial charge < -0.3 is 14.2 Å². The van der Waals surface area contributed by atoms with Gasteiger partial charge in [-0.3, -0.25) is 14.4 Å². The molecule has 0 saturated carbocycles. The summed E-state index contributed by atoms with van der Waals surface area (Å²) >= 11 is 13.0. The van der Waals surface area contributed by atoms with E-state index in [-0.39, 0.29) is 35.2 Å². The first kappa shape index (κ1) is 51.1. The molecule has 44 heavy (non-hydrogen) atoms. The summed E-state index contributed by atoms with van der Waals surface area (Å²) < 4.78 is 16.6. The van der Waals surface area contributed by atoms with Crippen LogP contribution in [0.1, 0.15) is 138 Å². The van der Waals surface area contributed by atoms with E-state index in [1.807, 2.05) is 0 Å². The van der Waals surface area contributed by atoms with E-state index in [4.69, 9.17) is 14.2 Å². The Bertz CT molecular complexity index is 535. The summed E-state index contributed by atoms with van der Waals surface area (Å²) in [5.74, 6) is 1.52. The standard InChI is InChI=1S/3C10H20O2S.C4H9.Sn.H/c3*1-3-5-6-9(4-2)7-12-10(11)8-13;1-3-4-2;;/h3*9,13H,3-8H2,1-2H3;1,3-4H2,2H3;;. The van der Waals surface area contributed by atoms with Crippen LogP contribution in [0.5, 0.6) is 0 Å². The molecule has 0 saturated heterocycles. The molecule has 0 spiro atoms. The normalized spacial score (nSPS) is 12.1. The van der Waals surface area contributed by atoms with Crippen LogP contribution >= 0.6 is 37.9 Å². The Morgan fingerprint density at radius 2 is 0.750 bits per heavy atom. The summed E-state index contributed by atoms with van der Waals surface area (Å²) in [6.45, 7) is 16.8. The summed E-state index contributed by atoms with van der Waals surface area (Å²) in [6, 6.07) is 0. The van der Waals surface area contributed by atoms with Gasteiger partial charge in [0.05, 0.1) is 37.1 Å². The van der Waals surface area contributed by atoms with Gasteiger partial charge in [0, 0.05) is 0 Å². The predicted octanol–water partition coefficient (Wildman–Crippen LogP) is 9.13. The second-order valence-corrected chi connectivity index (χ2v) is 13.5. The third-order valence-corrected chi connectivity index (χ3v) is 8.95. The third kappa shape index (κ3) is 42.3. The van der Waals surface area contributed by atoms with Crippen molar-refractivity contribution >= 4 is 78.3 Å². The number of carbonyl (C=O) groups excluding carboxylic acids is 3. The number of hydrogen-bond donors (Lipinski definition) is 3. The summed E-state index contributed by atoms with van der Waals surface area (Å²) in [5, 5.41) is 0. The van der Waals surface area contributed by atoms with E-state index in [0.717, 1.165) is 38.5 Å². The van der Waals surface area contributed by atoms with Crippen LogP contribution in [0.4, 0.5) is 0 Å². The Balaban J connectivity index is -0.000000253. The second-order valence-electron chi connectivity index (χ2n) is 10.9. The summed E-state index contributed by atoms with van der Waals surface area (Å²) in [5.41, 5.74) is 0. The molecule has 0 aromatic heterocycles. The molecule has 3 atom stereocenters. The van der Waals surface area contributed by atoms with Gasteiger partial charge in [-0.1, -0.05) is 99.3 Å². The minimum atomic E-state index is -0.210. The first-order valence-electron chi connectivity index (χ1n) is 17.1. The SMILES string of the molecule is CCCCC(CC)COC(=O)CS.CCCCC(CC)COC(=O)CS.CCCCC(CC)COC(=O)CS.CCC[CH2][SnH]. The molecular weight excluding hydrogens is 719 g/mol. The van der Waals surface area contributed by atoms with Gasteiger partial charge in [-0.05, 0) is 37.0 Å². The number of ether oxygens (including phenoxy) is 3. The Morgan fingerprint density at radius 3 is 0.886 bits per heavy atom. The van der Waals surface area contributed by atoms with E-state index in [0.29, 0.717) is 37.6 Å². The van der Waals surface area contributed by atoms with Gasteiger partial charge in [0.15, 0.2) is 0 Å². The molecule has 0 aliphatic rings. The van der Waals surface area contributed by atoms with Crippen LogP contribution < -0.4 is 0 Å². The topological polar surface area (TPSA) is 78.9 Å². The molecule has 0 aliphatic heterocycles. The maximum absolute atomic E-state index is 10.8. The van der Waals surface area contributed by atoms with Crippen LogP contribution in [0.15, 0.2) is 0 Å². The van der Waals surface area contributed by atoms with Crippen molar-refractivity contribution in [1.82, 2.24) is 0 Å². The van der Waals surface area contributed by atoms with Crippen molar-refractivity contribution in [3.8, 4) is 0 Å². The van der Waals surface area contributed by atoms with Gasteiger partial charge in [-0.15, -0.1) is 0 Å². The molecule has 264 valence electrons. The second kappa shape index (κ2) is 43.3. The van der Waals surface area contributed by atoms with Gasteiger partial charge in [0.2, 0.25) is 0 Å². The van der Waals surface area contributed by atoms with Crippen molar-refractivity contribution in [3.05, 3.63) is 0 Å². The van der Waals surface area contributed by atoms with Crippen molar-refractivity contribution in [3.63, 3.8) is 0 Å². The van der Waals surface area contributed by atoms with Gasteiger partial charge in [0.1, 0.15) is 0 Å². The molecule has 0 N–H and O–H groups in total. The van der Waals surface area contributed by atoms with Gasteiger partial charge in [0.25, 0.3) is 0 Å². The zero-order valence-electron chi connectivity index (χ0n) is 29.4. The molecule has 0 heterocycles. The zero-order valence-corrected chi connectivity index (χ0v) is 35.4. The summed E-state index contributed by atoms with van der Waals surface area (Å²) in [7, 11) is 0. The molecule has 0 amide bonds. The van der Waals surface area contributed by atoms with Gasteiger partial charge >= 0.3 is 64.6 Å². The molecule has 0 aromatic carbocycles. The molecular formula is C34H70O6S3Sn. The number of carbonyl (C=O) groups is 3. The molecule has 10 heteroatoms. The first-order valence-corrected chi connectivity index (χ1v) is 21.4. The maximum atomic E-state index is 10.8. The fourth-order valence-electron chi connectivity index (χ4n) is 3.67. The number of unbranched alkanes of at least 4 members (excludes halogenated alkanes) is 4. The van der Waals surface area contributed by atoms with Gasteiger partial charge in [-0.25, -0.2) is 0 Å². The number of thiol groups is 3. The van der Waals surface area contributed by atoms with Crippen molar-refractivity contribution < 1.29 is 28.6 Å². The Labute approximate surface area is 302 Å². The number of esters is 3.